The number of rotatable bonds is 8. The molecule has 0 saturated carbocycles. The van der Waals surface area contributed by atoms with Crippen molar-refractivity contribution in [3.8, 4) is 0 Å². The molecule has 2 N–H and O–H groups in total. The second-order valence-corrected chi connectivity index (χ2v) is 6.45. The number of hydrogen-bond acceptors (Lipinski definition) is 5. The highest BCUT2D eigenvalue weighted by Crippen LogP contribution is 2.24. The van der Waals surface area contributed by atoms with Crippen LogP contribution in [-0.2, 0) is 19.5 Å². The summed E-state index contributed by atoms with van der Waals surface area (Å²) in [6.07, 6.45) is 0. The first kappa shape index (κ1) is 17.8. The molecule has 0 bridgehead atoms. The average molecular weight is 320 g/mol. The number of halogens is 1. The highest BCUT2D eigenvalue weighted by molar-refractivity contribution is 7.89. The summed E-state index contributed by atoms with van der Waals surface area (Å²) in [6, 6.07) is 2.52. The summed E-state index contributed by atoms with van der Waals surface area (Å²) in [7, 11) is -1.07. The zero-order chi connectivity index (χ0) is 16.0. The molecule has 0 aliphatic carbocycles. The van der Waals surface area contributed by atoms with Gasteiger partial charge in [0.1, 0.15) is 10.7 Å². The molecule has 8 heteroatoms. The quantitative estimate of drug-likeness (QED) is 0.723. The third-order valence-electron chi connectivity index (χ3n) is 2.95. The fraction of sp³-hybridized carbons (Fsp3) is 0.538. The largest absolute Gasteiger partial charge is 0.399 e. The van der Waals surface area contributed by atoms with E-state index in [4.69, 9.17) is 15.2 Å². The second-order valence-electron chi connectivity index (χ2n) is 4.54. The van der Waals surface area contributed by atoms with Gasteiger partial charge in [0, 0.05) is 33.0 Å². The molecule has 0 aliphatic rings. The van der Waals surface area contributed by atoms with Gasteiger partial charge in [0.15, 0.2) is 0 Å². The minimum Gasteiger partial charge on any atom is -0.399 e. The molecule has 0 amide bonds. The van der Waals surface area contributed by atoms with Crippen LogP contribution in [0.25, 0.3) is 0 Å². The van der Waals surface area contributed by atoms with E-state index in [2.05, 4.69) is 0 Å². The Morgan fingerprint density at radius 2 is 1.71 bits per heavy atom. The molecule has 0 heterocycles. The standard InChI is InChI=1S/C13H21FN2O4S/c1-10-8-11(15)9-12(13(10)14)21(17,18)16(4-6-19-2)5-7-20-3/h8-9H,4-7,15H2,1-3H3. The lowest BCUT2D eigenvalue weighted by Gasteiger charge is -2.22. The molecule has 6 nitrogen and oxygen atoms in total. The molecular formula is C13H21FN2O4S. The lowest BCUT2D eigenvalue weighted by Crippen LogP contribution is -2.37. The molecular weight excluding hydrogens is 299 g/mol. The van der Waals surface area contributed by atoms with Crippen molar-refractivity contribution in [2.75, 3.05) is 46.3 Å². The van der Waals surface area contributed by atoms with Gasteiger partial charge in [0.05, 0.1) is 13.2 Å². The van der Waals surface area contributed by atoms with Crippen molar-refractivity contribution in [1.29, 1.82) is 0 Å². The number of aryl methyl sites for hydroxylation is 1. The van der Waals surface area contributed by atoms with Gasteiger partial charge in [-0.25, -0.2) is 12.8 Å². The van der Waals surface area contributed by atoms with Gasteiger partial charge in [-0.3, -0.25) is 0 Å². The van der Waals surface area contributed by atoms with Gasteiger partial charge in [-0.1, -0.05) is 0 Å². The predicted octanol–water partition coefficient (Wildman–Crippen LogP) is 1.000. The van der Waals surface area contributed by atoms with Gasteiger partial charge in [-0.05, 0) is 24.6 Å². The number of hydrogen-bond donors (Lipinski definition) is 1. The highest BCUT2D eigenvalue weighted by Gasteiger charge is 2.28. The summed E-state index contributed by atoms with van der Waals surface area (Å²) in [4.78, 5) is -0.424. The summed E-state index contributed by atoms with van der Waals surface area (Å²) in [5.41, 5.74) is 6.01. The van der Waals surface area contributed by atoms with E-state index in [-0.39, 0.29) is 37.6 Å². The van der Waals surface area contributed by atoms with Gasteiger partial charge in [0.2, 0.25) is 10.0 Å². The number of anilines is 1. The van der Waals surface area contributed by atoms with Crippen LogP contribution in [0.1, 0.15) is 5.56 Å². The van der Waals surface area contributed by atoms with Crippen molar-refractivity contribution < 1.29 is 22.3 Å². The molecule has 0 atom stereocenters. The van der Waals surface area contributed by atoms with E-state index in [0.717, 1.165) is 10.4 Å². The smallest absolute Gasteiger partial charge is 0.246 e. The van der Waals surface area contributed by atoms with Gasteiger partial charge in [0.25, 0.3) is 0 Å². The van der Waals surface area contributed by atoms with E-state index < -0.39 is 20.7 Å². The maximum atomic E-state index is 14.2. The fourth-order valence-corrected chi connectivity index (χ4v) is 3.41. The maximum Gasteiger partial charge on any atom is 0.246 e. The molecule has 1 aromatic carbocycles. The Kier molecular flexibility index (Phi) is 6.53. The van der Waals surface area contributed by atoms with Gasteiger partial charge < -0.3 is 15.2 Å². The van der Waals surface area contributed by atoms with Gasteiger partial charge in [-0.2, -0.15) is 4.31 Å². The molecule has 1 aromatic rings. The van der Waals surface area contributed by atoms with Crippen molar-refractivity contribution in [1.82, 2.24) is 4.31 Å². The van der Waals surface area contributed by atoms with Crippen molar-refractivity contribution in [2.45, 2.75) is 11.8 Å². The highest BCUT2D eigenvalue weighted by atomic mass is 32.2. The van der Waals surface area contributed by atoms with Crippen LogP contribution in [0, 0.1) is 12.7 Å². The Morgan fingerprint density at radius 3 is 2.19 bits per heavy atom. The lowest BCUT2D eigenvalue weighted by atomic mass is 10.2. The van der Waals surface area contributed by atoms with Crippen molar-refractivity contribution in [3.63, 3.8) is 0 Å². The summed E-state index contributed by atoms with van der Waals surface area (Å²) < 4.78 is 50.2. The normalized spacial score (nSPS) is 12.0. The number of sulfonamides is 1. The third-order valence-corrected chi connectivity index (χ3v) is 4.85. The molecule has 0 fully saturated rings. The zero-order valence-corrected chi connectivity index (χ0v) is 13.2. The maximum absolute atomic E-state index is 14.2. The lowest BCUT2D eigenvalue weighted by molar-refractivity contribution is 0.150. The van der Waals surface area contributed by atoms with Crippen LogP contribution in [-0.4, -0.2) is 53.2 Å². The Labute approximate surface area is 124 Å². The van der Waals surface area contributed by atoms with Crippen molar-refractivity contribution in [3.05, 3.63) is 23.5 Å². The molecule has 0 aromatic heterocycles. The third kappa shape index (κ3) is 4.37. The van der Waals surface area contributed by atoms with Crippen LogP contribution in [0.2, 0.25) is 0 Å². The zero-order valence-electron chi connectivity index (χ0n) is 12.4. The summed E-state index contributed by atoms with van der Waals surface area (Å²) in [5, 5.41) is 0. The summed E-state index contributed by atoms with van der Waals surface area (Å²) >= 11 is 0. The number of ether oxygens (including phenoxy) is 2. The Bertz CT molecular complexity index is 570. The first-order chi connectivity index (χ1) is 9.84. The molecule has 0 spiro atoms. The van der Waals surface area contributed by atoms with Crippen LogP contribution in [0.3, 0.4) is 0 Å². The number of benzene rings is 1. The minimum atomic E-state index is -4.00. The van der Waals surface area contributed by atoms with E-state index >= 15 is 0 Å². The topological polar surface area (TPSA) is 81.9 Å². The SMILES string of the molecule is COCCN(CCOC)S(=O)(=O)c1cc(N)cc(C)c1F. The first-order valence-corrected chi connectivity index (χ1v) is 7.82. The van der Waals surface area contributed by atoms with Crippen LogP contribution in [0.4, 0.5) is 10.1 Å². The van der Waals surface area contributed by atoms with E-state index in [1.807, 2.05) is 0 Å². The number of nitrogen functional groups attached to an aromatic ring is 1. The molecule has 0 radical (unpaired) electrons. The van der Waals surface area contributed by atoms with E-state index in [1.54, 1.807) is 0 Å². The Balaban J connectivity index is 3.21. The molecule has 120 valence electrons. The molecule has 0 aliphatic heterocycles. The molecule has 1 rings (SSSR count). The Hall–Kier alpha value is -1.22. The van der Waals surface area contributed by atoms with Crippen LogP contribution >= 0.6 is 0 Å². The summed E-state index contributed by atoms with van der Waals surface area (Å²) in [6.45, 7) is 2.09. The monoisotopic (exact) mass is 320 g/mol. The first-order valence-electron chi connectivity index (χ1n) is 6.38. The fourth-order valence-electron chi connectivity index (χ4n) is 1.83. The second kappa shape index (κ2) is 7.69. The van der Waals surface area contributed by atoms with Crippen molar-refractivity contribution in [2.24, 2.45) is 0 Å². The minimum absolute atomic E-state index is 0.107. The average Bonchev–Trinajstić information content (AvgIpc) is 2.42. The van der Waals surface area contributed by atoms with Crippen LogP contribution < -0.4 is 5.73 Å². The number of methoxy groups -OCH3 is 2. The van der Waals surface area contributed by atoms with Crippen LogP contribution in [0.5, 0.6) is 0 Å². The van der Waals surface area contributed by atoms with Gasteiger partial charge >= 0.3 is 0 Å². The molecule has 0 unspecified atom stereocenters. The predicted molar refractivity (Wildman–Crippen MR) is 78.1 cm³/mol. The van der Waals surface area contributed by atoms with E-state index in [1.165, 1.54) is 27.2 Å². The van der Waals surface area contributed by atoms with Crippen molar-refractivity contribution >= 4 is 15.7 Å². The van der Waals surface area contributed by atoms with Gasteiger partial charge in [-0.15, -0.1) is 0 Å². The molecule has 0 saturated heterocycles. The summed E-state index contributed by atoms with van der Waals surface area (Å²) in [5.74, 6) is -0.788. The van der Waals surface area contributed by atoms with E-state index in [0.29, 0.717) is 0 Å². The number of nitrogens with two attached hydrogens (primary N) is 1. The Morgan fingerprint density at radius 1 is 1.19 bits per heavy atom. The number of nitrogens with zero attached hydrogens (tertiary/aromatic N) is 1. The molecule has 21 heavy (non-hydrogen) atoms. The van der Waals surface area contributed by atoms with Crippen LogP contribution in [0.15, 0.2) is 17.0 Å². The van der Waals surface area contributed by atoms with E-state index in [9.17, 15) is 12.8 Å².